The number of H-pyrrole nitrogens is 1. The second-order valence-corrected chi connectivity index (χ2v) is 10.4. The number of hydrogen-bond donors (Lipinski definition) is 3. The fraction of sp³-hybridized carbons (Fsp3) is 0.458. The third-order valence-corrected chi connectivity index (χ3v) is 7.31. The lowest BCUT2D eigenvalue weighted by atomic mass is 9.90. The van der Waals surface area contributed by atoms with Gasteiger partial charge in [0, 0.05) is 30.6 Å². The molecule has 3 N–H and O–H groups in total. The first-order valence-electron chi connectivity index (χ1n) is 12.1. The number of imidazole rings is 1. The van der Waals surface area contributed by atoms with Crippen LogP contribution in [0, 0.1) is 5.92 Å². The van der Waals surface area contributed by atoms with E-state index >= 15 is 0 Å². The predicted octanol–water partition coefficient (Wildman–Crippen LogP) is 3.42. The van der Waals surface area contributed by atoms with Gasteiger partial charge < -0.3 is 15.2 Å². The molecule has 4 aromatic heterocycles. The van der Waals surface area contributed by atoms with Crippen molar-refractivity contribution in [3.05, 3.63) is 41.0 Å². The number of aromatic nitrogens is 7. The van der Waals surface area contributed by atoms with Crippen LogP contribution < -0.4 is 10.6 Å². The van der Waals surface area contributed by atoms with Gasteiger partial charge in [0.05, 0.1) is 17.8 Å². The summed E-state index contributed by atoms with van der Waals surface area (Å²) < 4.78 is 2.24. The van der Waals surface area contributed by atoms with Gasteiger partial charge in [0.2, 0.25) is 5.91 Å². The van der Waals surface area contributed by atoms with Crippen LogP contribution in [0.15, 0.2) is 30.2 Å². The molecule has 3 atom stereocenters. The lowest BCUT2D eigenvalue weighted by Gasteiger charge is -2.33. The first kappa shape index (κ1) is 24.0. The Morgan fingerprint density at radius 1 is 1.22 bits per heavy atom. The SMILES string of the molecule is CC(=O)NC(c1nc2cnc(-c3ncn[nH]3)cc2n1C1CCCC(NC(=O)c2nccs2)C1)C(C)C. The van der Waals surface area contributed by atoms with Crippen molar-refractivity contribution in [2.24, 2.45) is 5.92 Å². The van der Waals surface area contributed by atoms with E-state index in [1.54, 1.807) is 17.8 Å². The number of fused-ring (bicyclic) bond motifs is 1. The Labute approximate surface area is 212 Å². The van der Waals surface area contributed by atoms with E-state index in [0.29, 0.717) is 16.5 Å². The number of aromatic amines is 1. The van der Waals surface area contributed by atoms with Crippen molar-refractivity contribution in [2.45, 2.75) is 64.6 Å². The zero-order valence-electron chi connectivity index (χ0n) is 20.4. The molecule has 11 nitrogen and oxygen atoms in total. The van der Waals surface area contributed by atoms with E-state index < -0.39 is 0 Å². The summed E-state index contributed by atoms with van der Waals surface area (Å²) in [5, 5.41) is 15.4. The highest BCUT2D eigenvalue weighted by atomic mass is 32.1. The normalized spacial score (nSPS) is 18.9. The topological polar surface area (TPSA) is 143 Å². The molecule has 2 amide bonds. The molecule has 1 saturated carbocycles. The molecule has 0 bridgehead atoms. The van der Waals surface area contributed by atoms with Crippen LogP contribution in [0.1, 0.15) is 74.2 Å². The zero-order chi connectivity index (χ0) is 25.2. The molecule has 0 aromatic carbocycles. The van der Waals surface area contributed by atoms with Crippen molar-refractivity contribution in [3.63, 3.8) is 0 Å². The number of nitrogens with one attached hydrogen (secondary N) is 3. The molecule has 0 saturated heterocycles. The summed E-state index contributed by atoms with van der Waals surface area (Å²) in [5.41, 5.74) is 2.33. The van der Waals surface area contributed by atoms with Gasteiger partial charge in [-0.25, -0.2) is 15.0 Å². The van der Waals surface area contributed by atoms with E-state index in [2.05, 4.69) is 54.2 Å². The molecule has 0 spiro atoms. The third-order valence-electron chi connectivity index (χ3n) is 6.54. The third kappa shape index (κ3) is 4.85. The lowest BCUT2D eigenvalue weighted by molar-refractivity contribution is -0.120. The minimum Gasteiger partial charge on any atom is -0.347 e. The van der Waals surface area contributed by atoms with Gasteiger partial charge in [0.1, 0.15) is 23.4 Å². The minimum absolute atomic E-state index is 0.0132. The van der Waals surface area contributed by atoms with Crippen molar-refractivity contribution in [1.82, 2.24) is 45.3 Å². The zero-order valence-corrected chi connectivity index (χ0v) is 21.2. The largest absolute Gasteiger partial charge is 0.347 e. The van der Waals surface area contributed by atoms with Crippen LogP contribution >= 0.6 is 11.3 Å². The van der Waals surface area contributed by atoms with Crippen LogP contribution in [0.2, 0.25) is 0 Å². The fourth-order valence-electron chi connectivity index (χ4n) is 4.94. The Morgan fingerprint density at radius 3 is 2.78 bits per heavy atom. The quantitative estimate of drug-likeness (QED) is 0.348. The van der Waals surface area contributed by atoms with Gasteiger partial charge in [-0.05, 0) is 37.7 Å². The average Bonchev–Trinajstić information content (AvgIpc) is 3.63. The Balaban J connectivity index is 1.55. The second-order valence-electron chi connectivity index (χ2n) is 9.48. The molecule has 1 fully saturated rings. The molecule has 4 heterocycles. The highest BCUT2D eigenvalue weighted by Gasteiger charge is 2.32. The molecule has 0 radical (unpaired) electrons. The van der Waals surface area contributed by atoms with Crippen LogP contribution in [0.5, 0.6) is 0 Å². The molecule has 1 aliphatic carbocycles. The summed E-state index contributed by atoms with van der Waals surface area (Å²) in [7, 11) is 0. The monoisotopic (exact) mass is 507 g/mol. The van der Waals surface area contributed by atoms with Gasteiger partial charge in [0.15, 0.2) is 10.8 Å². The van der Waals surface area contributed by atoms with Crippen LogP contribution in [0.4, 0.5) is 0 Å². The van der Waals surface area contributed by atoms with Gasteiger partial charge in [-0.15, -0.1) is 11.3 Å². The number of pyridine rings is 1. The van der Waals surface area contributed by atoms with E-state index in [9.17, 15) is 9.59 Å². The Morgan fingerprint density at radius 2 is 2.08 bits per heavy atom. The number of thiazole rings is 1. The Hall–Kier alpha value is -3.67. The standard InChI is InChI=1S/C24H29N9O2S/c1-13(2)20(29-14(3)34)22-31-18-11-26-17(21-27-12-28-32-21)10-19(18)33(22)16-6-4-5-15(9-16)30-23(35)24-25-7-8-36-24/h7-8,10-13,15-16,20H,4-6,9H2,1-3H3,(H,29,34)(H,30,35)(H,27,28,32). The minimum atomic E-state index is -0.270. The van der Waals surface area contributed by atoms with E-state index in [1.165, 1.54) is 24.6 Å². The first-order valence-corrected chi connectivity index (χ1v) is 13.0. The van der Waals surface area contributed by atoms with Gasteiger partial charge in [-0.1, -0.05) is 13.8 Å². The summed E-state index contributed by atoms with van der Waals surface area (Å²) in [5.74, 6) is 1.25. The van der Waals surface area contributed by atoms with Gasteiger partial charge >= 0.3 is 0 Å². The van der Waals surface area contributed by atoms with Gasteiger partial charge in [0.25, 0.3) is 5.91 Å². The van der Waals surface area contributed by atoms with Gasteiger partial charge in [-0.2, -0.15) is 5.10 Å². The maximum absolute atomic E-state index is 12.7. The number of nitrogens with zero attached hydrogens (tertiary/aromatic N) is 6. The van der Waals surface area contributed by atoms with E-state index in [4.69, 9.17) is 4.98 Å². The van der Waals surface area contributed by atoms with E-state index in [0.717, 1.165) is 42.5 Å². The molecule has 0 aliphatic heterocycles. The van der Waals surface area contributed by atoms with Crippen LogP contribution in [0.25, 0.3) is 22.6 Å². The van der Waals surface area contributed by atoms with Crippen molar-refractivity contribution >= 4 is 34.2 Å². The number of amides is 2. The first-order chi connectivity index (χ1) is 17.4. The predicted molar refractivity (Wildman–Crippen MR) is 135 cm³/mol. The second kappa shape index (κ2) is 10.1. The number of rotatable bonds is 7. The molecule has 12 heteroatoms. The summed E-state index contributed by atoms with van der Waals surface area (Å²) in [6, 6.07) is 1.79. The summed E-state index contributed by atoms with van der Waals surface area (Å²) >= 11 is 1.34. The maximum Gasteiger partial charge on any atom is 0.280 e. The lowest BCUT2D eigenvalue weighted by Crippen LogP contribution is -2.40. The van der Waals surface area contributed by atoms with Gasteiger partial charge in [-0.3, -0.25) is 19.7 Å². The van der Waals surface area contributed by atoms with Crippen molar-refractivity contribution in [3.8, 4) is 11.5 Å². The molecule has 188 valence electrons. The smallest absolute Gasteiger partial charge is 0.280 e. The summed E-state index contributed by atoms with van der Waals surface area (Å²) in [6.07, 6.45) is 8.38. The fourth-order valence-corrected chi connectivity index (χ4v) is 5.48. The molecular formula is C24H29N9O2S. The number of carbonyl (C=O) groups excluding carboxylic acids is 2. The summed E-state index contributed by atoms with van der Waals surface area (Å²) in [6.45, 7) is 5.66. The maximum atomic E-state index is 12.7. The highest BCUT2D eigenvalue weighted by Crippen LogP contribution is 2.36. The van der Waals surface area contributed by atoms with Crippen molar-refractivity contribution in [2.75, 3.05) is 0 Å². The Kier molecular flexibility index (Phi) is 6.77. The van der Waals surface area contributed by atoms with Crippen molar-refractivity contribution in [1.29, 1.82) is 0 Å². The Bertz CT molecular complexity index is 1350. The average molecular weight is 508 g/mol. The molecule has 1 aliphatic rings. The van der Waals surface area contributed by atoms with Crippen molar-refractivity contribution < 1.29 is 9.59 Å². The molecule has 36 heavy (non-hydrogen) atoms. The summed E-state index contributed by atoms with van der Waals surface area (Å²) in [4.78, 5) is 42.7. The molecule has 3 unspecified atom stereocenters. The van der Waals surface area contributed by atoms with Crippen LogP contribution in [-0.4, -0.2) is 52.6 Å². The van der Waals surface area contributed by atoms with Crippen LogP contribution in [0.3, 0.4) is 0 Å². The van der Waals surface area contributed by atoms with E-state index in [-0.39, 0.29) is 35.9 Å². The molecular weight excluding hydrogens is 478 g/mol. The van der Waals surface area contributed by atoms with Crippen LogP contribution in [-0.2, 0) is 4.79 Å². The number of carbonyl (C=O) groups is 2. The molecule has 4 aromatic rings. The molecule has 5 rings (SSSR count). The highest BCUT2D eigenvalue weighted by molar-refractivity contribution is 7.11. The number of hydrogen-bond acceptors (Lipinski definition) is 8. The van der Waals surface area contributed by atoms with E-state index in [1.807, 2.05) is 6.07 Å².